The van der Waals surface area contributed by atoms with Crippen LogP contribution in [0.1, 0.15) is 42.9 Å². The summed E-state index contributed by atoms with van der Waals surface area (Å²) in [6.45, 7) is 2.30. The first kappa shape index (κ1) is 21.2. The van der Waals surface area contributed by atoms with Gasteiger partial charge in [0.25, 0.3) is 0 Å². The molecule has 0 spiro atoms. The number of hydrogen-bond acceptors (Lipinski definition) is 1. The van der Waals surface area contributed by atoms with E-state index in [0.717, 1.165) is 18.3 Å². The first-order valence-corrected chi connectivity index (χ1v) is 11.2. The summed E-state index contributed by atoms with van der Waals surface area (Å²) in [5.41, 5.74) is 2.85. The summed E-state index contributed by atoms with van der Waals surface area (Å²) in [7, 11) is 0. The van der Waals surface area contributed by atoms with Crippen LogP contribution in [-0.4, -0.2) is 23.8 Å². The molecule has 3 aromatic carbocycles. The average molecular weight is 388 g/mol. The van der Waals surface area contributed by atoms with Crippen LogP contribution in [0, 0.1) is 11.8 Å². The molecule has 1 unspecified atom stereocenters. The Kier molecular flexibility index (Phi) is 6.96. The molecule has 0 aromatic heterocycles. The minimum absolute atomic E-state index is 0.0668. The van der Waals surface area contributed by atoms with Crippen LogP contribution in [0.3, 0.4) is 0 Å². The Morgan fingerprint density at radius 1 is 0.833 bits per heavy atom. The second kappa shape index (κ2) is 9.84. The molecule has 0 bridgehead atoms. The van der Waals surface area contributed by atoms with Crippen molar-refractivity contribution in [3.63, 3.8) is 0 Å². The Labute approximate surface area is 190 Å². The molecule has 1 fully saturated rings. The van der Waals surface area contributed by atoms with Crippen molar-refractivity contribution in [1.82, 2.24) is 0 Å². The molecule has 4 rings (SSSR count). The molecule has 1 saturated carbocycles. The van der Waals surface area contributed by atoms with Gasteiger partial charge in [-0.05, 0) is 0 Å². The monoisotopic (exact) mass is 388 g/mol. The second-order valence-electron chi connectivity index (χ2n) is 8.36. The topological polar surface area (TPSA) is 9.23 Å². The zero-order chi connectivity index (χ0) is 20.8. The summed E-state index contributed by atoms with van der Waals surface area (Å²) < 4.78 is 9.33. The summed E-state index contributed by atoms with van der Waals surface area (Å²) in [6, 6.07) is 32.0. The van der Waals surface area contributed by atoms with E-state index in [9.17, 15) is 0 Å². The molecular formula is C28H29LiO. The van der Waals surface area contributed by atoms with Gasteiger partial charge in [0.05, 0.1) is 0 Å². The number of benzene rings is 3. The van der Waals surface area contributed by atoms with Crippen LogP contribution in [0.5, 0.6) is 0 Å². The van der Waals surface area contributed by atoms with Crippen LogP contribution in [0.15, 0.2) is 102 Å². The average Bonchev–Trinajstić information content (AvgIpc) is 3.57. The van der Waals surface area contributed by atoms with E-state index in [1.165, 1.54) is 29.5 Å². The Morgan fingerprint density at radius 3 is 1.67 bits per heavy atom. The summed E-state index contributed by atoms with van der Waals surface area (Å²) in [4.78, 5) is 0. The predicted octanol–water partition coefficient (Wildman–Crippen LogP) is 6.48. The van der Waals surface area contributed by atoms with Gasteiger partial charge in [-0.15, -0.1) is 0 Å². The van der Waals surface area contributed by atoms with E-state index in [1.807, 2.05) is 0 Å². The quantitative estimate of drug-likeness (QED) is 0.301. The first-order chi connectivity index (χ1) is 14.8. The fourth-order valence-electron chi connectivity index (χ4n) is 4.73. The molecule has 30 heavy (non-hydrogen) atoms. The Hall–Kier alpha value is -2.04. The van der Waals surface area contributed by atoms with Gasteiger partial charge in [0.2, 0.25) is 0 Å². The van der Waals surface area contributed by atoms with E-state index in [0.29, 0.717) is 0 Å². The van der Waals surface area contributed by atoms with Crippen molar-refractivity contribution in [3.05, 3.63) is 119 Å². The predicted molar refractivity (Wildman–Crippen MR) is 125 cm³/mol. The van der Waals surface area contributed by atoms with E-state index in [4.69, 9.17) is 4.74 Å². The van der Waals surface area contributed by atoms with Crippen molar-refractivity contribution in [2.24, 2.45) is 11.8 Å². The Bertz CT molecular complexity index is 839. The minimum atomic E-state index is -0.648. The summed E-state index contributed by atoms with van der Waals surface area (Å²) in [5.74, 6) is 1.64. The summed E-state index contributed by atoms with van der Waals surface area (Å²) in [6.07, 6.45) is 6.00. The Morgan fingerprint density at radius 2 is 1.30 bits per heavy atom. The van der Waals surface area contributed by atoms with Crippen molar-refractivity contribution < 1.29 is 4.74 Å². The van der Waals surface area contributed by atoms with Gasteiger partial charge in [-0.25, -0.2) is 0 Å². The van der Waals surface area contributed by atoms with Gasteiger partial charge in [0, 0.05) is 0 Å². The molecular weight excluding hydrogens is 359 g/mol. The van der Waals surface area contributed by atoms with Gasteiger partial charge in [-0.3, -0.25) is 0 Å². The van der Waals surface area contributed by atoms with Gasteiger partial charge in [0.1, 0.15) is 0 Å². The molecule has 0 radical (unpaired) electrons. The molecule has 3 atom stereocenters. The molecule has 0 aliphatic heterocycles. The molecule has 148 valence electrons. The van der Waals surface area contributed by atoms with Crippen LogP contribution in [0.4, 0.5) is 0 Å². The van der Waals surface area contributed by atoms with Gasteiger partial charge in [-0.2, -0.15) is 0 Å². The standard InChI is InChI=1S/C28H29O.Li/c1-3-22-20-23(22)21-27(4-2)29-28(24-14-8-5-9-15-24,25-16-10-6-11-17-25)26-18-12-7-13-19-26;/h2,4-19,22-23,27H,3,20-21H2,1H3;/t22-,23-,27?;/m0./s1. The third-order valence-corrected chi connectivity index (χ3v) is 6.40. The van der Waals surface area contributed by atoms with E-state index < -0.39 is 5.60 Å². The molecule has 3 aromatic rings. The molecule has 1 nitrogen and oxygen atoms in total. The van der Waals surface area contributed by atoms with Crippen molar-refractivity contribution in [2.45, 2.75) is 37.9 Å². The van der Waals surface area contributed by atoms with Crippen molar-refractivity contribution in [1.29, 1.82) is 0 Å². The molecule has 2 heteroatoms. The first-order valence-electron chi connectivity index (χ1n) is 11.2. The molecule has 0 heterocycles. The molecule has 1 aliphatic carbocycles. The maximum atomic E-state index is 7.19. The van der Waals surface area contributed by atoms with E-state index >= 15 is 0 Å². The molecule has 0 N–H and O–H groups in total. The third-order valence-electron chi connectivity index (χ3n) is 6.40. The van der Waals surface area contributed by atoms with Gasteiger partial charge in [-0.1, -0.05) is 0 Å². The van der Waals surface area contributed by atoms with Crippen molar-refractivity contribution in [2.75, 3.05) is 0 Å². The molecule has 0 saturated heterocycles. The van der Waals surface area contributed by atoms with E-state index in [-0.39, 0.29) is 6.10 Å². The van der Waals surface area contributed by atoms with Crippen LogP contribution in [-0.2, 0) is 10.3 Å². The normalized spacial score (nSPS) is 19.7. The van der Waals surface area contributed by atoms with Crippen LogP contribution in [0.2, 0.25) is 0 Å². The maximum absolute atomic E-state index is 7.19. The van der Waals surface area contributed by atoms with E-state index in [2.05, 4.69) is 126 Å². The zero-order valence-electron chi connectivity index (χ0n) is 18.1. The van der Waals surface area contributed by atoms with Crippen LogP contribution in [0.25, 0.3) is 0 Å². The number of rotatable bonds is 9. The number of hydrogen-bond donors (Lipinski definition) is 0. The van der Waals surface area contributed by atoms with Gasteiger partial charge in [0.15, 0.2) is 0 Å². The fraction of sp³-hybridized carbons (Fsp3) is 0.286. The fourth-order valence-corrected chi connectivity index (χ4v) is 4.73. The zero-order valence-corrected chi connectivity index (χ0v) is 18.1. The summed E-state index contributed by atoms with van der Waals surface area (Å²) >= 11 is 2.09. The molecule has 0 amide bonds. The van der Waals surface area contributed by atoms with Gasteiger partial charge < -0.3 is 0 Å². The van der Waals surface area contributed by atoms with Crippen molar-refractivity contribution in [3.8, 4) is 0 Å². The second-order valence-corrected chi connectivity index (χ2v) is 8.36. The summed E-state index contributed by atoms with van der Waals surface area (Å²) in [5, 5.41) is 0. The SMILES string of the molecule is [Li]/[CH]=C/C(C[C@@H]1C[C@@H]1CC)OC(c1ccccc1)(c1ccccc1)c1ccccc1. The van der Waals surface area contributed by atoms with Gasteiger partial charge >= 0.3 is 191 Å². The molecule has 1 aliphatic rings. The van der Waals surface area contributed by atoms with E-state index in [1.54, 1.807) is 0 Å². The Balaban J connectivity index is 1.83. The van der Waals surface area contributed by atoms with Crippen molar-refractivity contribution >= 4 is 17.7 Å². The number of ether oxygens (including phenoxy) is 1. The van der Waals surface area contributed by atoms with Crippen LogP contribution >= 0.6 is 0 Å². The van der Waals surface area contributed by atoms with Crippen LogP contribution < -0.4 is 0 Å². The third kappa shape index (κ3) is 4.50.